The van der Waals surface area contributed by atoms with Crippen molar-refractivity contribution in [2.75, 3.05) is 20.1 Å². The Balaban J connectivity index is 1.29. The molecule has 2 aliphatic rings. The predicted octanol–water partition coefficient (Wildman–Crippen LogP) is 3.87. The summed E-state index contributed by atoms with van der Waals surface area (Å²) < 4.78 is 1.66. The van der Waals surface area contributed by atoms with E-state index in [1.807, 2.05) is 59.3 Å². The van der Waals surface area contributed by atoms with Crippen LogP contribution in [-0.4, -0.2) is 63.4 Å². The first-order valence-corrected chi connectivity index (χ1v) is 13.1. The molecule has 192 valence electrons. The molecular weight excluding hydrogens is 464 g/mol. The Kier molecular flexibility index (Phi) is 7.22. The molecule has 0 spiro atoms. The number of benzene rings is 2. The van der Waals surface area contributed by atoms with Crippen molar-refractivity contribution in [3.8, 4) is 0 Å². The van der Waals surface area contributed by atoms with Gasteiger partial charge in [-0.2, -0.15) is 5.10 Å². The molecule has 0 saturated carbocycles. The number of likely N-dealkylation sites (tertiary alicyclic amines) is 1. The summed E-state index contributed by atoms with van der Waals surface area (Å²) >= 11 is 0. The summed E-state index contributed by atoms with van der Waals surface area (Å²) in [4.78, 5) is 42.9. The summed E-state index contributed by atoms with van der Waals surface area (Å²) in [5.41, 5.74) is 4.01. The summed E-state index contributed by atoms with van der Waals surface area (Å²) in [6, 6.07) is 17.7. The quantitative estimate of drug-likeness (QED) is 0.496. The Bertz CT molecular complexity index is 1280. The monoisotopic (exact) mass is 498 g/mol. The van der Waals surface area contributed by atoms with Crippen LogP contribution in [0.15, 0.2) is 67.0 Å². The SMILES string of the molecule is Cc1ccccc1C[C@H](C1CCN(C(=O)[C@@H]2CC(=O)c3ccccc32)CC1)N(C)C(=O)Cn1cccn1. The lowest BCUT2D eigenvalue weighted by molar-refractivity contribution is -0.137. The molecule has 0 radical (unpaired) electrons. The van der Waals surface area contributed by atoms with Gasteiger partial charge in [0.2, 0.25) is 11.8 Å². The highest BCUT2D eigenvalue weighted by molar-refractivity contribution is 6.06. The van der Waals surface area contributed by atoms with Gasteiger partial charge in [0.05, 0.1) is 5.92 Å². The molecule has 1 aromatic heterocycles. The first-order chi connectivity index (χ1) is 17.9. The molecule has 0 N–H and O–H groups in total. The van der Waals surface area contributed by atoms with Gasteiger partial charge in [-0.15, -0.1) is 0 Å². The van der Waals surface area contributed by atoms with Gasteiger partial charge in [-0.1, -0.05) is 48.5 Å². The number of Topliss-reactive ketones (excluding diaryl/α,β-unsaturated/α-hetero) is 1. The van der Waals surface area contributed by atoms with E-state index in [-0.39, 0.29) is 48.4 Å². The third-order valence-electron chi connectivity index (χ3n) is 8.16. The smallest absolute Gasteiger partial charge is 0.244 e. The minimum Gasteiger partial charge on any atom is -0.342 e. The number of amides is 2. The highest BCUT2D eigenvalue weighted by Crippen LogP contribution is 2.36. The van der Waals surface area contributed by atoms with E-state index in [4.69, 9.17) is 0 Å². The van der Waals surface area contributed by atoms with Gasteiger partial charge in [-0.3, -0.25) is 19.1 Å². The van der Waals surface area contributed by atoms with Crippen LogP contribution < -0.4 is 0 Å². The van der Waals surface area contributed by atoms with E-state index in [1.54, 1.807) is 17.1 Å². The molecule has 1 fully saturated rings. The van der Waals surface area contributed by atoms with Gasteiger partial charge in [0, 0.05) is 50.6 Å². The molecule has 5 rings (SSSR count). The lowest BCUT2D eigenvalue weighted by Crippen LogP contribution is -2.49. The van der Waals surface area contributed by atoms with Gasteiger partial charge in [0.25, 0.3) is 0 Å². The molecule has 1 aliphatic heterocycles. The van der Waals surface area contributed by atoms with Crippen molar-refractivity contribution in [2.24, 2.45) is 5.92 Å². The molecule has 1 aliphatic carbocycles. The zero-order chi connectivity index (χ0) is 25.9. The second kappa shape index (κ2) is 10.7. The highest BCUT2D eigenvalue weighted by atomic mass is 16.2. The summed E-state index contributed by atoms with van der Waals surface area (Å²) in [5, 5.41) is 4.20. The van der Waals surface area contributed by atoms with Crippen LogP contribution in [0.2, 0.25) is 0 Å². The van der Waals surface area contributed by atoms with E-state index in [9.17, 15) is 14.4 Å². The minimum absolute atomic E-state index is 0.0233. The van der Waals surface area contributed by atoms with Crippen LogP contribution >= 0.6 is 0 Å². The molecule has 7 nitrogen and oxygen atoms in total. The van der Waals surface area contributed by atoms with Crippen LogP contribution in [0.1, 0.15) is 52.2 Å². The summed E-state index contributed by atoms with van der Waals surface area (Å²) in [5.74, 6) is 0.0330. The van der Waals surface area contributed by atoms with Crippen molar-refractivity contribution in [3.05, 3.63) is 89.2 Å². The fourth-order valence-electron chi connectivity index (χ4n) is 5.92. The predicted molar refractivity (Wildman–Crippen MR) is 141 cm³/mol. The lowest BCUT2D eigenvalue weighted by Gasteiger charge is -2.41. The summed E-state index contributed by atoms with van der Waals surface area (Å²) in [7, 11) is 1.90. The first kappa shape index (κ1) is 24.9. The number of nitrogens with zero attached hydrogens (tertiary/aromatic N) is 4. The lowest BCUT2D eigenvalue weighted by atomic mass is 9.83. The van der Waals surface area contributed by atoms with Crippen molar-refractivity contribution in [1.29, 1.82) is 0 Å². The van der Waals surface area contributed by atoms with Crippen LogP contribution in [0.4, 0.5) is 0 Å². The van der Waals surface area contributed by atoms with E-state index in [2.05, 4.69) is 24.2 Å². The molecule has 1 saturated heterocycles. The largest absolute Gasteiger partial charge is 0.342 e. The fourth-order valence-corrected chi connectivity index (χ4v) is 5.92. The Morgan fingerprint density at radius 3 is 2.51 bits per heavy atom. The van der Waals surface area contributed by atoms with Crippen LogP contribution in [0.5, 0.6) is 0 Å². The maximum Gasteiger partial charge on any atom is 0.244 e. The van der Waals surface area contributed by atoms with E-state index in [0.717, 1.165) is 24.8 Å². The standard InChI is InChI=1S/C30H34N4O3/c1-21-8-3-4-9-23(21)18-27(32(2)29(36)20-34-15-7-14-31-34)22-12-16-33(17-13-22)30(37)26-19-28(35)25-11-6-5-10-24(25)26/h3-11,14-15,22,26-27H,12-13,16-20H2,1-2H3/t26-,27-/m1/s1. The Morgan fingerprint density at radius 1 is 1.05 bits per heavy atom. The van der Waals surface area contributed by atoms with Gasteiger partial charge in [-0.25, -0.2) is 0 Å². The molecule has 2 heterocycles. The maximum atomic E-state index is 13.4. The number of hydrogen-bond acceptors (Lipinski definition) is 4. The van der Waals surface area contributed by atoms with Gasteiger partial charge in [0.1, 0.15) is 6.54 Å². The molecule has 37 heavy (non-hydrogen) atoms. The average molecular weight is 499 g/mol. The van der Waals surface area contributed by atoms with Crippen LogP contribution in [0.25, 0.3) is 0 Å². The zero-order valence-corrected chi connectivity index (χ0v) is 21.5. The number of aryl methyl sites for hydroxylation is 1. The molecule has 7 heteroatoms. The average Bonchev–Trinajstić information content (AvgIpc) is 3.55. The molecule has 0 unspecified atom stereocenters. The van der Waals surface area contributed by atoms with Crippen molar-refractivity contribution < 1.29 is 14.4 Å². The van der Waals surface area contributed by atoms with Crippen molar-refractivity contribution in [1.82, 2.24) is 19.6 Å². The molecule has 0 bridgehead atoms. The normalized spacial score (nSPS) is 18.5. The van der Waals surface area contributed by atoms with Crippen LogP contribution in [0.3, 0.4) is 0 Å². The first-order valence-electron chi connectivity index (χ1n) is 13.1. The minimum atomic E-state index is -0.374. The van der Waals surface area contributed by atoms with Crippen molar-refractivity contribution >= 4 is 17.6 Å². The number of aromatic nitrogens is 2. The van der Waals surface area contributed by atoms with Crippen molar-refractivity contribution in [2.45, 2.75) is 51.1 Å². The molecule has 2 amide bonds. The number of hydrogen-bond donors (Lipinski definition) is 0. The van der Waals surface area contributed by atoms with E-state index < -0.39 is 0 Å². The van der Waals surface area contributed by atoms with Gasteiger partial charge >= 0.3 is 0 Å². The number of carbonyl (C=O) groups excluding carboxylic acids is 3. The van der Waals surface area contributed by atoms with Gasteiger partial charge in [-0.05, 0) is 54.9 Å². The molecule has 2 aromatic carbocycles. The topological polar surface area (TPSA) is 75.5 Å². The third-order valence-corrected chi connectivity index (χ3v) is 8.16. The number of fused-ring (bicyclic) bond motifs is 1. The van der Waals surface area contributed by atoms with Gasteiger partial charge in [0.15, 0.2) is 5.78 Å². The molecule has 3 aromatic rings. The van der Waals surface area contributed by atoms with Crippen LogP contribution in [0, 0.1) is 12.8 Å². The molecular formula is C30H34N4O3. The van der Waals surface area contributed by atoms with Crippen molar-refractivity contribution in [3.63, 3.8) is 0 Å². The number of rotatable bonds is 7. The van der Waals surface area contributed by atoms with E-state index in [1.165, 1.54) is 11.1 Å². The maximum absolute atomic E-state index is 13.4. The number of carbonyl (C=O) groups is 3. The number of ketones is 1. The summed E-state index contributed by atoms with van der Waals surface area (Å²) in [6.07, 6.45) is 6.17. The van der Waals surface area contributed by atoms with E-state index >= 15 is 0 Å². The second-order valence-corrected chi connectivity index (χ2v) is 10.3. The number of likely N-dealkylation sites (N-methyl/N-ethyl adjacent to an activating group) is 1. The Labute approximate surface area is 218 Å². The number of piperidine rings is 1. The fraction of sp³-hybridized carbons (Fsp3) is 0.400. The third kappa shape index (κ3) is 5.22. The highest BCUT2D eigenvalue weighted by Gasteiger charge is 2.39. The Morgan fingerprint density at radius 2 is 1.78 bits per heavy atom. The van der Waals surface area contributed by atoms with E-state index in [0.29, 0.717) is 18.7 Å². The zero-order valence-electron chi connectivity index (χ0n) is 21.5. The summed E-state index contributed by atoms with van der Waals surface area (Å²) in [6.45, 7) is 3.60. The Hall–Kier alpha value is -3.74. The van der Waals surface area contributed by atoms with Gasteiger partial charge < -0.3 is 9.80 Å². The second-order valence-electron chi connectivity index (χ2n) is 10.3. The molecule has 2 atom stereocenters. The van der Waals surface area contributed by atoms with Crippen LogP contribution in [-0.2, 0) is 22.6 Å².